The van der Waals surface area contributed by atoms with Crippen molar-refractivity contribution in [3.8, 4) is 0 Å². The normalized spacial score (nSPS) is 10.8. The molecule has 0 fully saturated rings. The van der Waals surface area contributed by atoms with Crippen molar-refractivity contribution in [1.29, 1.82) is 0 Å². The molecule has 0 saturated carbocycles. The summed E-state index contributed by atoms with van der Waals surface area (Å²) >= 11 is 0. The van der Waals surface area contributed by atoms with Crippen LogP contribution in [0.3, 0.4) is 0 Å². The number of para-hydroxylation sites is 2. The Morgan fingerprint density at radius 3 is 1.73 bits per heavy atom. The second-order valence-corrected chi connectivity index (χ2v) is 7.65. The second kappa shape index (κ2) is 9.13. The number of carbonyl (C=O) groups excluding carboxylic acids is 2. The zero-order valence-corrected chi connectivity index (χ0v) is 17.3. The fourth-order valence-corrected chi connectivity index (χ4v) is 2.72. The average molecular weight is 403 g/mol. The predicted octanol–water partition coefficient (Wildman–Crippen LogP) is 5.52. The monoisotopic (exact) mass is 403 g/mol. The van der Waals surface area contributed by atoms with Crippen LogP contribution in [0.15, 0.2) is 84.9 Å². The summed E-state index contributed by atoms with van der Waals surface area (Å²) in [6, 6.07) is 25.8. The zero-order chi connectivity index (χ0) is 21.6. The molecule has 0 heterocycles. The van der Waals surface area contributed by atoms with Crippen LogP contribution in [-0.4, -0.2) is 17.6 Å². The molecule has 3 aromatic carbocycles. The van der Waals surface area contributed by atoms with E-state index >= 15 is 0 Å². The lowest BCUT2D eigenvalue weighted by Crippen LogP contribution is -2.38. The zero-order valence-electron chi connectivity index (χ0n) is 17.3. The lowest BCUT2D eigenvalue weighted by atomic mass is 10.2. The van der Waals surface area contributed by atoms with E-state index in [4.69, 9.17) is 4.74 Å². The first-order valence-corrected chi connectivity index (χ1v) is 9.63. The van der Waals surface area contributed by atoms with Crippen molar-refractivity contribution in [2.45, 2.75) is 26.4 Å². The van der Waals surface area contributed by atoms with Gasteiger partial charge in [-0.25, -0.2) is 4.79 Å². The van der Waals surface area contributed by atoms with Gasteiger partial charge in [0, 0.05) is 11.3 Å². The highest BCUT2D eigenvalue weighted by Crippen LogP contribution is 2.23. The fraction of sp³-hybridized carbons (Fsp3) is 0.167. The van der Waals surface area contributed by atoms with Gasteiger partial charge in [0.25, 0.3) is 5.91 Å². The minimum absolute atomic E-state index is 0.272. The first-order valence-electron chi connectivity index (χ1n) is 9.63. The molecule has 2 amide bonds. The Morgan fingerprint density at radius 2 is 1.27 bits per heavy atom. The largest absolute Gasteiger partial charge is 0.444 e. The fourth-order valence-electron chi connectivity index (χ4n) is 2.72. The third kappa shape index (κ3) is 5.85. The minimum atomic E-state index is -0.581. The maximum Gasteiger partial charge on any atom is 0.412 e. The van der Waals surface area contributed by atoms with E-state index in [1.807, 2.05) is 60.7 Å². The molecule has 30 heavy (non-hydrogen) atoms. The van der Waals surface area contributed by atoms with Crippen molar-refractivity contribution in [3.63, 3.8) is 0 Å². The molecule has 0 aromatic heterocycles. The molecule has 3 aromatic rings. The summed E-state index contributed by atoms with van der Waals surface area (Å²) in [5.74, 6) is -0.272. The van der Waals surface area contributed by atoms with E-state index in [2.05, 4.69) is 10.7 Å². The van der Waals surface area contributed by atoms with Gasteiger partial charge < -0.3 is 4.74 Å². The van der Waals surface area contributed by atoms with Crippen molar-refractivity contribution in [2.75, 3.05) is 10.3 Å². The van der Waals surface area contributed by atoms with Crippen LogP contribution >= 0.6 is 0 Å². The number of rotatable bonds is 5. The molecule has 0 saturated heterocycles. The van der Waals surface area contributed by atoms with Crippen LogP contribution in [0.5, 0.6) is 0 Å². The summed E-state index contributed by atoms with van der Waals surface area (Å²) in [5, 5.41) is 4.39. The smallest absolute Gasteiger partial charge is 0.412 e. The number of hydrogen-bond acceptors (Lipinski definition) is 4. The van der Waals surface area contributed by atoms with Gasteiger partial charge in [-0.1, -0.05) is 36.4 Å². The molecule has 0 unspecified atom stereocenters. The molecule has 0 radical (unpaired) electrons. The molecule has 0 bridgehead atoms. The van der Waals surface area contributed by atoms with Gasteiger partial charge in [-0.15, -0.1) is 0 Å². The van der Waals surface area contributed by atoms with E-state index < -0.39 is 11.7 Å². The number of ether oxygens (including phenoxy) is 1. The second-order valence-electron chi connectivity index (χ2n) is 7.65. The lowest BCUT2D eigenvalue weighted by Gasteiger charge is -2.25. The Hall–Kier alpha value is -3.80. The number of nitrogens with zero attached hydrogens (tertiary/aromatic N) is 1. The van der Waals surface area contributed by atoms with E-state index in [9.17, 15) is 9.59 Å². The molecular formula is C24H25N3O3. The Balaban J connectivity index is 1.73. The summed E-state index contributed by atoms with van der Waals surface area (Å²) in [4.78, 5) is 24.7. The molecule has 0 aliphatic rings. The van der Waals surface area contributed by atoms with Crippen molar-refractivity contribution in [2.24, 2.45) is 0 Å². The number of hydrogen-bond donors (Lipinski definition) is 2. The van der Waals surface area contributed by atoms with E-state index in [0.29, 0.717) is 11.3 Å². The first kappa shape index (κ1) is 20.9. The summed E-state index contributed by atoms with van der Waals surface area (Å²) in [5.41, 5.74) is 5.03. The van der Waals surface area contributed by atoms with Gasteiger partial charge in [-0.05, 0) is 69.3 Å². The first-order chi connectivity index (χ1) is 14.3. The number of hydrazine groups is 1. The van der Waals surface area contributed by atoms with Crippen LogP contribution in [-0.2, 0) is 4.74 Å². The van der Waals surface area contributed by atoms with Crippen LogP contribution in [0.4, 0.5) is 21.9 Å². The van der Waals surface area contributed by atoms with Crippen molar-refractivity contribution in [1.82, 2.24) is 5.43 Å². The maximum atomic E-state index is 12.9. The molecular weight excluding hydrogens is 378 g/mol. The molecule has 0 atom stereocenters. The molecule has 0 aliphatic heterocycles. The minimum Gasteiger partial charge on any atom is -0.444 e. The quantitative estimate of drug-likeness (QED) is 0.551. The number of benzene rings is 3. The Labute approximate surface area is 176 Å². The molecule has 154 valence electrons. The number of anilines is 3. The molecule has 6 nitrogen and oxygen atoms in total. The molecule has 3 rings (SSSR count). The van der Waals surface area contributed by atoms with E-state index in [-0.39, 0.29) is 5.91 Å². The lowest BCUT2D eigenvalue weighted by molar-refractivity contribution is 0.0635. The Bertz CT molecular complexity index is 942. The highest BCUT2D eigenvalue weighted by atomic mass is 16.6. The Kier molecular flexibility index (Phi) is 6.37. The number of nitrogens with one attached hydrogen (secondary N) is 2. The van der Waals surface area contributed by atoms with Crippen LogP contribution in [0.2, 0.25) is 0 Å². The number of amides is 2. The third-order valence-corrected chi connectivity index (χ3v) is 4.03. The summed E-state index contributed by atoms with van der Waals surface area (Å²) < 4.78 is 5.23. The van der Waals surface area contributed by atoms with Gasteiger partial charge in [0.15, 0.2) is 0 Å². The third-order valence-electron chi connectivity index (χ3n) is 4.03. The van der Waals surface area contributed by atoms with Gasteiger partial charge >= 0.3 is 6.09 Å². The van der Waals surface area contributed by atoms with Crippen molar-refractivity contribution in [3.05, 3.63) is 90.5 Å². The van der Waals surface area contributed by atoms with Crippen LogP contribution in [0.1, 0.15) is 31.1 Å². The topological polar surface area (TPSA) is 70.7 Å². The van der Waals surface area contributed by atoms with Gasteiger partial charge in [0.1, 0.15) is 5.60 Å². The molecule has 2 N–H and O–H groups in total. The van der Waals surface area contributed by atoms with Gasteiger partial charge in [-0.2, -0.15) is 0 Å². The average Bonchev–Trinajstić information content (AvgIpc) is 2.72. The SMILES string of the molecule is CC(C)(C)OC(=O)Nc1ccc(C(=O)NN(c2ccccc2)c2ccccc2)cc1. The standard InChI is InChI=1S/C24H25N3O3/c1-24(2,3)30-23(29)25-19-16-14-18(15-17-19)22(28)26-27(20-10-6-4-7-11-20)21-12-8-5-9-13-21/h4-17H,1-3H3,(H,25,29)(H,26,28). The maximum absolute atomic E-state index is 12.9. The van der Waals surface area contributed by atoms with E-state index in [1.54, 1.807) is 50.0 Å². The highest BCUT2D eigenvalue weighted by Gasteiger charge is 2.17. The van der Waals surface area contributed by atoms with Gasteiger partial charge in [0.2, 0.25) is 0 Å². The summed E-state index contributed by atoms with van der Waals surface area (Å²) in [6.07, 6.45) is -0.543. The molecule has 0 aliphatic carbocycles. The van der Waals surface area contributed by atoms with E-state index in [1.165, 1.54) is 0 Å². The number of carbonyl (C=O) groups is 2. The Morgan fingerprint density at radius 1 is 0.767 bits per heavy atom. The van der Waals surface area contributed by atoms with Crippen molar-refractivity contribution >= 4 is 29.1 Å². The molecule has 0 spiro atoms. The summed E-state index contributed by atoms with van der Waals surface area (Å²) in [7, 11) is 0. The van der Waals surface area contributed by atoms with Crippen LogP contribution < -0.4 is 15.8 Å². The highest BCUT2D eigenvalue weighted by molar-refractivity contribution is 5.96. The predicted molar refractivity (Wildman–Crippen MR) is 119 cm³/mol. The molecule has 6 heteroatoms. The van der Waals surface area contributed by atoms with Crippen molar-refractivity contribution < 1.29 is 14.3 Å². The van der Waals surface area contributed by atoms with Gasteiger partial charge in [0.05, 0.1) is 11.4 Å². The van der Waals surface area contributed by atoms with Gasteiger partial charge in [-0.3, -0.25) is 20.5 Å². The van der Waals surface area contributed by atoms with Crippen LogP contribution in [0.25, 0.3) is 0 Å². The summed E-state index contributed by atoms with van der Waals surface area (Å²) in [6.45, 7) is 5.39. The van der Waals surface area contributed by atoms with E-state index in [0.717, 1.165) is 11.4 Å². The van der Waals surface area contributed by atoms with Crippen LogP contribution in [0, 0.1) is 0 Å².